The molecule has 1 atom stereocenters. The Balaban J connectivity index is 1.33. The van der Waals surface area contributed by atoms with E-state index < -0.39 is 0 Å². The molecule has 2 aromatic heterocycles. The first kappa shape index (κ1) is 29.1. The molecular formula is C37H36N4O3. The molecule has 0 amide bonds. The van der Waals surface area contributed by atoms with Crippen LogP contribution < -0.4 is 16.4 Å². The van der Waals surface area contributed by atoms with E-state index in [1.165, 1.54) is 0 Å². The molecule has 0 aliphatic carbocycles. The SMILES string of the molecule is Cc1c(-c2cc(Nc3ccc(C4C(=O)CCCN4C)cc3)c(=O)n(C)c2)cccc1-c1ccc(-c2ccccc2)n(C)c1=O. The van der Waals surface area contributed by atoms with Crippen LogP contribution in [0.3, 0.4) is 0 Å². The second-order valence-corrected chi connectivity index (χ2v) is 11.6. The van der Waals surface area contributed by atoms with Gasteiger partial charge in [-0.3, -0.25) is 19.3 Å². The standard InChI is InChI=1S/C37H36N4O3/c1-24-29(12-8-13-30(24)31-19-20-33(41(4)36(31)43)25-10-6-5-7-11-25)27-22-32(37(44)40(3)23-27)38-28-17-15-26(16-18-28)35-34(42)14-9-21-39(35)2/h5-8,10-13,15-20,22-23,35,38H,9,14,21H2,1-4H3. The number of rotatable bonds is 6. The summed E-state index contributed by atoms with van der Waals surface area (Å²) in [4.78, 5) is 41.4. The molecule has 1 N–H and O–H groups in total. The lowest BCUT2D eigenvalue weighted by Crippen LogP contribution is -2.36. The van der Waals surface area contributed by atoms with E-state index in [-0.39, 0.29) is 22.9 Å². The molecule has 1 aliphatic heterocycles. The van der Waals surface area contributed by atoms with Gasteiger partial charge in [-0.05, 0) is 85.1 Å². The predicted molar refractivity (Wildman–Crippen MR) is 177 cm³/mol. The molecule has 5 aromatic rings. The van der Waals surface area contributed by atoms with E-state index in [0.717, 1.165) is 57.7 Å². The topological polar surface area (TPSA) is 76.3 Å². The van der Waals surface area contributed by atoms with Crippen molar-refractivity contribution in [3.05, 3.63) is 129 Å². The summed E-state index contributed by atoms with van der Waals surface area (Å²) >= 11 is 0. The Morgan fingerprint density at radius 2 is 1.45 bits per heavy atom. The molecular weight excluding hydrogens is 548 g/mol. The highest BCUT2D eigenvalue weighted by atomic mass is 16.1. The molecule has 0 bridgehead atoms. The number of pyridine rings is 2. The van der Waals surface area contributed by atoms with Crippen molar-refractivity contribution in [2.24, 2.45) is 14.1 Å². The van der Waals surface area contributed by atoms with E-state index >= 15 is 0 Å². The first-order valence-electron chi connectivity index (χ1n) is 14.9. The number of nitrogens with zero attached hydrogens (tertiary/aromatic N) is 3. The molecule has 0 saturated carbocycles. The molecule has 1 saturated heterocycles. The maximum atomic E-state index is 13.6. The summed E-state index contributed by atoms with van der Waals surface area (Å²) in [6.07, 6.45) is 3.32. The largest absolute Gasteiger partial charge is 0.351 e. The molecule has 1 unspecified atom stereocenters. The van der Waals surface area contributed by atoms with Gasteiger partial charge in [0.15, 0.2) is 5.78 Å². The van der Waals surface area contributed by atoms with Crippen LogP contribution in [0.25, 0.3) is 33.5 Å². The number of aromatic nitrogens is 2. The molecule has 222 valence electrons. The van der Waals surface area contributed by atoms with Gasteiger partial charge in [-0.1, -0.05) is 60.7 Å². The van der Waals surface area contributed by atoms with Crippen LogP contribution in [-0.4, -0.2) is 33.4 Å². The number of Topliss-reactive ketones (excluding diaryl/α,β-unsaturated/α-hetero) is 1. The number of benzene rings is 3. The van der Waals surface area contributed by atoms with Gasteiger partial charge in [0.25, 0.3) is 11.1 Å². The Hall–Kier alpha value is -5.01. The highest BCUT2D eigenvalue weighted by molar-refractivity contribution is 5.86. The van der Waals surface area contributed by atoms with E-state index in [2.05, 4.69) is 10.2 Å². The minimum Gasteiger partial charge on any atom is -0.351 e. The molecule has 3 heterocycles. The Kier molecular flexibility index (Phi) is 7.89. The second-order valence-electron chi connectivity index (χ2n) is 11.6. The van der Waals surface area contributed by atoms with Gasteiger partial charge in [-0.15, -0.1) is 0 Å². The van der Waals surface area contributed by atoms with Crippen molar-refractivity contribution in [2.45, 2.75) is 25.8 Å². The van der Waals surface area contributed by atoms with Crippen molar-refractivity contribution in [1.82, 2.24) is 14.0 Å². The quantitative estimate of drug-likeness (QED) is 0.248. The van der Waals surface area contributed by atoms with Crippen LogP contribution in [0.2, 0.25) is 0 Å². The Bertz CT molecular complexity index is 1970. The van der Waals surface area contributed by atoms with Gasteiger partial charge in [-0.25, -0.2) is 0 Å². The van der Waals surface area contributed by atoms with Gasteiger partial charge in [0.2, 0.25) is 0 Å². The average molecular weight is 585 g/mol. The fraction of sp³-hybridized carbons (Fsp3) is 0.216. The molecule has 1 aliphatic rings. The van der Waals surface area contributed by atoms with Crippen LogP contribution in [0, 0.1) is 6.92 Å². The van der Waals surface area contributed by atoms with Crippen molar-refractivity contribution in [3.8, 4) is 33.5 Å². The van der Waals surface area contributed by atoms with E-state index in [1.54, 1.807) is 23.2 Å². The fourth-order valence-electron chi connectivity index (χ4n) is 6.29. The lowest BCUT2D eigenvalue weighted by atomic mass is 9.93. The third-order valence-electron chi connectivity index (χ3n) is 8.68. The number of carbonyl (C=O) groups excluding carboxylic acids is 1. The van der Waals surface area contributed by atoms with Crippen molar-refractivity contribution < 1.29 is 4.79 Å². The normalized spacial score (nSPS) is 15.4. The minimum atomic E-state index is -0.226. The Labute approximate surface area is 257 Å². The summed E-state index contributed by atoms with van der Waals surface area (Å²) in [6.45, 7) is 2.91. The number of aryl methyl sites for hydroxylation is 1. The van der Waals surface area contributed by atoms with E-state index in [0.29, 0.717) is 17.7 Å². The van der Waals surface area contributed by atoms with Gasteiger partial charge in [-0.2, -0.15) is 0 Å². The monoisotopic (exact) mass is 584 g/mol. The number of hydrogen-bond donors (Lipinski definition) is 1. The zero-order valence-electron chi connectivity index (χ0n) is 25.5. The van der Waals surface area contributed by atoms with Crippen LogP contribution in [0.5, 0.6) is 0 Å². The number of likely N-dealkylation sites (N-methyl/N-ethyl adjacent to an activating group) is 1. The fourth-order valence-corrected chi connectivity index (χ4v) is 6.29. The van der Waals surface area contributed by atoms with Crippen molar-refractivity contribution >= 4 is 17.2 Å². The molecule has 3 aromatic carbocycles. The number of ketones is 1. The number of piperidine rings is 1. The number of nitrogens with one attached hydrogen (secondary N) is 1. The van der Waals surface area contributed by atoms with E-state index in [1.807, 2.05) is 111 Å². The first-order chi connectivity index (χ1) is 21.2. The number of hydrogen-bond acceptors (Lipinski definition) is 5. The highest BCUT2D eigenvalue weighted by Gasteiger charge is 2.28. The Morgan fingerprint density at radius 3 is 2.18 bits per heavy atom. The molecule has 44 heavy (non-hydrogen) atoms. The smallest absolute Gasteiger partial charge is 0.274 e. The zero-order valence-corrected chi connectivity index (χ0v) is 25.5. The summed E-state index contributed by atoms with van der Waals surface area (Å²) in [6, 6.07) is 29.1. The maximum absolute atomic E-state index is 13.6. The lowest BCUT2D eigenvalue weighted by molar-refractivity contribution is -0.126. The molecule has 1 fully saturated rings. The van der Waals surface area contributed by atoms with Crippen molar-refractivity contribution in [2.75, 3.05) is 18.9 Å². The van der Waals surface area contributed by atoms with Crippen LogP contribution in [-0.2, 0) is 18.9 Å². The number of carbonyl (C=O) groups is 1. The molecule has 7 nitrogen and oxygen atoms in total. The summed E-state index contributed by atoms with van der Waals surface area (Å²) in [5, 5.41) is 3.29. The van der Waals surface area contributed by atoms with Gasteiger partial charge in [0, 0.05) is 43.5 Å². The van der Waals surface area contributed by atoms with Crippen LogP contribution in [0.15, 0.2) is 107 Å². The first-order valence-corrected chi connectivity index (χ1v) is 14.9. The van der Waals surface area contributed by atoms with Gasteiger partial charge < -0.3 is 14.5 Å². The van der Waals surface area contributed by atoms with Crippen LogP contribution in [0.4, 0.5) is 11.4 Å². The third-order valence-corrected chi connectivity index (χ3v) is 8.68. The van der Waals surface area contributed by atoms with Gasteiger partial charge in [0.1, 0.15) is 5.69 Å². The highest BCUT2D eigenvalue weighted by Crippen LogP contribution is 2.33. The van der Waals surface area contributed by atoms with E-state index in [4.69, 9.17) is 0 Å². The van der Waals surface area contributed by atoms with Gasteiger partial charge >= 0.3 is 0 Å². The van der Waals surface area contributed by atoms with Crippen molar-refractivity contribution in [1.29, 1.82) is 0 Å². The number of likely N-dealkylation sites (tertiary alicyclic amines) is 1. The molecule has 0 radical (unpaired) electrons. The molecule has 0 spiro atoms. The molecule has 6 rings (SSSR count). The second kappa shape index (κ2) is 11.9. The summed E-state index contributed by atoms with van der Waals surface area (Å²) < 4.78 is 3.26. The summed E-state index contributed by atoms with van der Waals surface area (Å²) in [7, 11) is 5.52. The van der Waals surface area contributed by atoms with Crippen LogP contribution >= 0.6 is 0 Å². The maximum Gasteiger partial charge on any atom is 0.274 e. The Morgan fingerprint density at radius 1 is 0.727 bits per heavy atom. The lowest BCUT2D eigenvalue weighted by Gasteiger charge is -2.31. The summed E-state index contributed by atoms with van der Waals surface area (Å²) in [5.41, 5.74) is 8.00. The van der Waals surface area contributed by atoms with Crippen LogP contribution in [0.1, 0.15) is 30.0 Å². The van der Waals surface area contributed by atoms with Crippen molar-refractivity contribution in [3.63, 3.8) is 0 Å². The predicted octanol–water partition coefficient (Wildman–Crippen LogP) is 6.47. The third kappa shape index (κ3) is 5.42. The zero-order chi connectivity index (χ0) is 31.0. The minimum absolute atomic E-state index is 0.0704. The number of anilines is 2. The van der Waals surface area contributed by atoms with Gasteiger partial charge in [0.05, 0.1) is 11.7 Å². The molecule has 7 heteroatoms. The van der Waals surface area contributed by atoms with E-state index in [9.17, 15) is 14.4 Å². The summed E-state index contributed by atoms with van der Waals surface area (Å²) in [5.74, 6) is 0.239. The average Bonchev–Trinajstić information content (AvgIpc) is 3.02.